The molecule has 0 radical (unpaired) electrons. The van der Waals surface area contributed by atoms with Gasteiger partial charge in [-0.1, -0.05) is 115 Å². The van der Waals surface area contributed by atoms with Gasteiger partial charge >= 0.3 is 0 Å². The lowest BCUT2D eigenvalue weighted by molar-refractivity contribution is 0.285. The smallest absolute Gasteiger partial charge is 0.201 e. The van der Waals surface area contributed by atoms with Gasteiger partial charge in [0.25, 0.3) is 0 Å². The summed E-state index contributed by atoms with van der Waals surface area (Å²) < 4.78 is 35.8. The van der Waals surface area contributed by atoms with E-state index in [0.717, 1.165) is 43.2 Å². The Morgan fingerprint density at radius 1 is 0.737 bits per heavy atom. The summed E-state index contributed by atoms with van der Waals surface area (Å²) in [6.45, 7) is 11.8. The summed E-state index contributed by atoms with van der Waals surface area (Å²) in [5.41, 5.74) is 4.47. The fourth-order valence-corrected chi connectivity index (χ4v) is 5.30. The van der Waals surface area contributed by atoms with Crippen molar-refractivity contribution < 1.29 is 13.5 Å². The molecule has 38 heavy (non-hydrogen) atoms. The van der Waals surface area contributed by atoms with Gasteiger partial charge < -0.3 is 4.74 Å². The van der Waals surface area contributed by atoms with Gasteiger partial charge in [-0.25, -0.2) is 4.39 Å². The van der Waals surface area contributed by atoms with Crippen LogP contribution >= 0.6 is 0 Å². The Kier molecular flexibility index (Phi) is 11.4. The highest BCUT2D eigenvalue weighted by Crippen LogP contribution is 2.36. The molecule has 0 aliphatic carbocycles. The first-order valence-electron chi connectivity index (χ1n) is 14.5. The molecule has 0 heterocycles. The van der Waals surface area contributed by atoms with Crippen molar-refractivity contribution in [1.29, 1.82) is 0 Å². The number of benzene rings is 3. The first-order chi connectivity index (χ1) is 18.2. The predicted octanol–water partition coefficient (Wildman–Crippen LogP) is 11.0. The lowest BCUT2D eigenvalue weighted by atomic mass is 9.83. The Morgan fingerprint density at radius 2 is 1.39 bits per heavy atom. The summed E-state index contributed by atoms with van der Waals surface area (Å²) in [4.78, 5) is 0. The van der Waals surface area contributed by atoms with Crippen LogP contribution < -0.4 is 4.74 Å². The van der Waals surface area contributed by atoms with E-state index in [1.165, 1.54) is 31.2 Å². The number of unbranched alkanes of at least 4 members (excludes halogenated alkanes) is 5. The maximum atomic E-state index is 15.3. The molecule has 0 amide bonds. The van der Waals surface area contributed by atoms with Gasteiger partial charge in [0.15, 0.2) is 11.6 Å². The Labute approximate surface area is 229 Å². The van der Waals surface area contributed by atoms with E-state index in [9.17, 15) is 4.39 Å². The standard InChI is InChI=1S/C35H46F2O/c1-6-7-8-9-10-13-24-38-32-23-22-31(33(36)34(32)37)30-15-12-11-14-29(30)28-20-18-27(19-21-28)17-16-26(2)25-35(3,4)5/h11-12,14-15,18-23,26H,6-10,13,16-17,24-25H2,1-5H3. The van der Waals surface area contributed by atoms with E-state index < -0.39 is 11.6 Å². The summed E-state index contributed by atoms with van der Waals surface area (Å²) in [5, 5.41) is 0. The molecule has 0 fully saturated rings. The molecule has 0 saturated heterocycles. The van der Waals surface area contributed by atoms with Crippen LogP contribution in [0.2, 0.25) is 0 Å². The molecule has 3 rings (SSSR count). The molecule has 0 aliphatic rings. The predicted molar refractivity (Wildman–Crippen MR) is 158 cm³/mol. The van der Waals surface area contributed by atoms with Crippen molar-refractivity contribution in [2.24, 2.45) is 11.3 Å². The van der Waals surface area contributed by atoms with Crippen LogP contribution in [0.1, 0.15) is 91.5 Å². The summed E-state index contributed by atoms with van der Waals surface area (Å²) in [5.74, 6) is -1.11. The molecule has 1 atom stereocenters. The highest BCUT2D eigenvalue weighted by Gasteiger charge is 2.19. The van der Waals surface area contributed by atoms with Crippen molar-refractivity contribution in [2.75, 3.05) is 6.61 Å². The third-order valence-electron chi connectivity index (χ3n) is 7.17. The molecule has 0 N–H and O–H groups in total. The Hall–Kier alpha value is -2.68. The Bertz CT molecular complexity index is 1130. The fraction of sp³-hybridized carbons (Fsp3) is 0.486. The zero-order valence-corrected chi connectivity index (χ0v) is 24.1. The maximum absolute atomic E-state index is 15.3. The average Bonchev–Trinajstić information content (AvgIpc) is 2.89. The molecule has 0 saturated carbocycles. The van der Waals surface area contributed by atoms with E-state index in [4.69, 9.17) is 4.74 Å². The van der Waals surface area contributed by atoms with E-state index in [1.807, 2.05) is 24.3 Å². The molecule has 0 aliphatic heterocycles. The summed E-state index contributed by atoms with van der Waals surface area (Å²) in [6.07, 6.45) is 10.1. The largest absolute Gasteiger partial charge is 0.490 e. The van der Waals surface area contributed by atoms with Crippen LogP contribution in [0.5, 0.6) is 5.75 Å². The number of rotatable bonds is 14. The number of hydrogen-bond donors (Lipinski definition) is 0. The van der Waals surface area contributed by atoms with Crippen molar-refractivity contribution in [3.05, 3.63) is 77.9 Å². The summed E-state index contributed by atoms with van der Waals surface area (Å²) in [7, 11) is 0. The molecule has 0 bridgehead atoms. The Balaban J connectivity index is 1.69. The van der Waals surface area contributed by atoms with Crippen LogP contribution in [-0.2, 0) is 6.42 Å². The van der Waals surface area contributed by atoms with Gasteiger partial charge in [-0.05, 0) is 71.4 Å². The van der Waals surface area contributed by atoms with Crippen molar-refractivity contribution in [3.8, 4) is 28.0 Å². The number of hydrogen-bond acceptors (Lipinski definition) is 1. The lowest BCUT2D eigenvalue weighted by Gasteiger charge is -2.23. The van der Waals surface area contributed by atoms with E-state index in [-0.39, 0.29) is 11.3 Å². The summed E-state index contributed by atoms with van der Waals surface area (Å²) >= 11 is 0. The molecular formula is C35H46F2O. The second-order valence-electron chi connectivity index (χ2n) is 12.0. The molecule has 3 heteroatoms. The van der Waals surface area contributed by atoms with Crippen molar-refractivity contribution >= 4 is 0 Å². The molecular weight excluding hydrogens is 474 g/mol. The fourth-order valence-electron chi connectivity index (χ4n) is 5.30. The van der Waals surface area contributed by atoms with Crippen LogP contribution in [-0.4, -0.2) is 6.61 Å². The van der Waals surface area contributed by atoms with Gasteiger partial charge in [0, 0.05) is 5.56 Å². The van der Waals surface area contributed by atoms with Crippen LogP contribution in [0.15, 0.2) is 60.7 Å². The quantitative estimate of drug-likeness (QED) is 0.192. The molecule has 0 aromatic heterocycles. The monoisotopic (exact) mass is 520 g/mol. The molecule has 3 aromatic rings. The van der Waals surface area contributed by atoms with Crippen LogP contribution in [0, 0.1) is 23.0 Å². The van der Waals surface area contributed by atoms with Gasteiger partial charge in [-0.3, -0.25) is 0 Å². The van der Waals surface area contributed by atoms with Crippen LogP contribution in [0.4, 0.5) is 8.78 Å². The first kappa shape index (κ1) is 29.9. The van der Waals surface area contributed by atoms with Gasteiger partial charge in [-0.15, -0.1) is 0 Å². The van der Waals surface area contributed by atoms with E-state index >= 15 is 4.39 Å². The van der Waals surface area contributed by atoms with Crippen molar-refractivity contribution in [1.82, 2.24) is 0 Å². The second kappa shape index (κ2) is 14.5. The van der Waals surface area contributed by atoms with Crippen molar-refractivity contribution in [2.45, 2.75) is 92.4 Å². The maximum Gasteiger partial charge on any atom is 0.201 e. The number of halogens is 2. The normalized spacial score (nSPS) is 12.5. The lowest BCUT2D eigenvalue weighted by Crippen LogP contribution is -2.11. The minimum absolute atomic E-state index is 0.0117. The number of aryl methyl sites for hydroxylation is 1. The third kappa shape index (κ3) is 8.96. The SMILES string of the molecule is CCCCCCCCOc1ccc(-c2ccccc2-c2ccc(CCC(C)CC(C)(C)C)cc2)c(F)c1F. The first-order valence-corrected chi connectivity index (χ1v) is 14.5. The van der Waals surface area contributed by atoms with Gasteiger partial charge in [0.2, 0.25) is 5.82 Å². The van der Waals surface area contributed by atoms with Gasteiger partial charge in [0.1, 0.15) is 0 Å². The van der Waals surface area contributed by atoms with Crippen LogP contribution in [0.3, 0.4) is 0 Å². The number of ether oxygens (including phenoxy) is 1. The average molecular weight is 521 g/mol. The summed E-state index contributed by atoms with van der Waals surface area (Å²) in [6, 6.07) is 19.3. The second-order valence-corrected chi connectivity index (χ2v) is 12.0. The van der Waals surface area contributed by atoms with Crippen molar-refractivity contribution in [3.63, 3.8) is 0 Å². The molecule has 1 unspecified atom stereocenters. The minimum atomic E-state index is -0.914. The Morgan fingerprint density at radius 3 is 2.08 bits per heavy atom. The highest BCUT2D eigenvalue weighted by molar-refractivity contribution is 5.84. The molecule has 1 nitrogen and oxygen atoms in total. The van der Waals surface area contributed by atoms with Gasteiger partial charge in [0.05, 0.1) is 6.61 Å². The molecule has 206 valence electrons. The zero-order valence-electron chi connectivity index (χ0n) is 24.1. The van der Waals surface area contributed by atoms with E-state index in [2.05, 4.69) is 58.9 Å². The zero-order chi connectivity index (χ0) is 27.5. The highest BCUT2D eigenvalue weighted by atomic mass is 19.2. The minimum Gasteiger partial charge on any atom is -0.490 e. The molecule has 0 spiro atoms. The molecule has 3 aromatic carbocycles. The van der Waals surface area contributed by atoms with E-state index in [1.54, 1.807) is 12.1 Å². The van der Waals surface area contributed by atoms with Crippen LogP contribution in [0.25, 0.3) is 22.3 Å². The van der Waals surface area contributed by atoms with Gasteiger partial charge in [-0.2, -0.15) is 4.39 Å². The van der Waals surface area contributed by atoms with E-state index in [0.29, 0.717) is 23.5 Å². The topological polar surface area (TPSA) is 9.23 Å². The third-order valence-corrected chi connectivity index (χ3v) is 7.17.